The lowest BCUT2D eigenvalue weighted by atomic mass is 9.98. The second kappa shape index (κ2) is 5.36. The van der Waals surface area contributed by atoms with E-state index in [1.165, 1.54) is 0 Å². The zero-order valence-electron chi connectivity index (χ0n) is 12.2. The number of anilines is 1. The first-order valence-corrected chi connectivity index (χ1v) is 7.32. The summed E-state index contributed by atoms with van der Waals surface area (Å²) in [6.07, 6.45) is 4.14. The molecule has 1 amide bonds. The Labute approximate surface area is 130 Å². The molecule has 0 unspecified atom stereocenters. The van der Waals surface area contributed by atoms with Crippen LogP contribution in [-0.4, -0.2) is 22.4 Å². The van der Waals surface area contributed by atoms with Gasteiger partial charge in [-0.2, -0.15) is 0 Å². The molecular formula is C16H14N4O3. The Kier molecular flexibility index (Phi) is 3.20. The van der Waals surface area contributed by atoms with Crippen molar-refractivity contribution in [2.75, 3.05) is 11.9 Å². The van der Waals surface area contributed by atoms with Gasteiger partial charge in [-0.1, -0.05) is 6.07 Å². The number of H-pyrrole nitrogens is 1. The highest BCUT2D eigenvalue weighted by Gasteiger charge is 2.19. The molecule has 3 N–H and O–H groups in total. The van der Waals surface area contributed by atoms with Gasteiger partial charge in [0.05, 0.1) is 16.8 Å². The van der Waals surface area contributed by atoms with Gasteiger partial charge in [-0.25, -0.2) is 4.79 Å². The van der Waals surface area contributed by atoms with Gasteiger partial charge in [0.2, 0.25) is 0 Å². The molecule has 0 radical (unpaired) electrons. The van der Waals surface area contributed by atoms with Gasteiger partial charge in [-0.3, -0.25) is 14.8 Å². The van der Waals surface area contributed by atoms with E-state index in [0.717, 1.165) is 24.1 Å². The summed E-state index contributed by atoms with van der Waals surface area (Å²) in [7, 11) is 0. The molecule has 0 saturated heterocycles. The third-order valence-electron chi connectivity index (χ3n) is 3.95. The van der Waals surface area contributed by atoms with Crippen LogP contribution in [0.2, 0.25) is 0 Å². The van der Waals surface area contributed by atoms with Crippen LogP contribution in [0.15, 0.2) is 39.8 Å². The molecule has 3 aromatic rings. The monoisotopic (exact) mass is 310 g/mol. The Hall–Kier alpha value is -2.93. The summed E-state index contributed by atoms with van der Waals surface area (Å²) >= 11 is 0. The summed E-state index contributed by atoms with van der Waals surface area (Å²) in [6.45, 7) is 1.55. The molecule has 23 heavy (non-hydrogen) atoms. The minimum Gasteiger partial charge on any atom is -0.406 e. The minimum atomic E-state index is -0.550. The summed E-state index contributed by atoms with van der Waals surface area (Å²) in [4.78, 5) is 30.7. The lowest BCUT2D eigenvalue weighted by molar-refractivity contribution is 0.102. The number of amides is 1. The van der Waals surface area contributed by atoms with E-state index in [-0.39, 0.29) is 5.91 Å². The molecule has 0 atom stereocenters. The number of nitrogens with zero attached hydrogens (tertiary/aromatic N) is 1. The molecule has 116 valence electrons. The van der Waals surface area contributed by atoms with Crippen molar-refractivity contribution in [2.24, 2.45) is 0 Å². The van der Waals surface area contributed by atoms with Crippen LogP contribution >= 0.6 is 0 Å². The van der Waals surface area contributed by atoms with Gasteiger partial charge in [0.25, 0.3) is 5.91 Å². The number of hydrogen-bond acceptors (Lipinski definition) is 5. The lowest BCUT2D eigenvalue weighted by Crippen LogP contribution is -2.27. The van der Waals surface area contributed by atoms with Crippen LogP contribution in [0.25, 0.3) is 11.1 Å². The molecule has 0 fully saturated rings. The van der Waals surface area contributed by atoms with Crippen LogP contribution in [0, 0.1) is 0 Å². The lowest BCUT2D eigenvalue weighted by Gasteiger charge is -2.19. The number of rotatable bonds is 2. The number of oxazole rings is 1. The molecule has 0 saturated carbocycles. The van der Waals surface area contributed by atoms with Gasteiger partial charge < -0.3 is 15.1 Å². The van der Waals surface area contributed by atoms with E-state index in [2.05, 4.69) is 20.6 Å². The Morgan fingerprint density at radius 1 is 1.30 bits per heavy atom. The molecule has 7 heteroatoms. The predicted octanol–water partition coefficient (Wildman–Crippen LogP) is 1.41. The van der Waals surface area contributed by atoms with Crippen molar-refractivity contribution in [3.05, 3.63) is 57.8 Å². The van der Waals surface area contributed by atoms with Crippen LogP contribution < -0.4 is 16.4 Å². The van der Waals surface area contributed by atoms with Gasteiger partial charge in [0.1, 0.15) is 0 Å². The molecule has 7 nitrogen and oxygen atoms in total. The Balaban J connectivity index is 1.71. The standard InChI is InChI=1S/C16H14N4O3/c21-15(11-8-18-7-9-6-17-5-4-10(9)11)19-12-2-1-3-13-14(12)23-16(22)20-13/h1-3,7-8,17H,4-6H2,(H,19,21)(H,20,22). The first kappa shape index (κ1) is 13.7. The average molecular weight is 310 g/mol. The zero-order valence-corrected chi connectivity index (χ0v) is 12.2. The molecule has 1 aliphatic rings. The van der Waals surface area contributed by atoms with Crippen molar-refractivity contribution in [1.29, 1.82) is 0 Å². The summed E-state index contributed by atoms with van der Waals surface area (Å²) in [5.74, 6) is -0.806. The van der Waals surface area contributed by atoms with E-state index in [1.54, 1.807) is 30.6 Å². The Bertz CT molecular complexity index is 957. The average Bonchev–Trinajstić information content (AvgIpc) is 2.95. The topological polar surface area (TPSA) is 100 Å². The molecule has 3 heterocycles. The summed E-state index contributed by atoms with van der Waals surface area (Å²) < 4.78 is 5.10. The SMILES string of the molecule is O=C(Nc1cccc2[nH]c(=O)oc12)c1cncc2c1CCNC2. The van der Waals surface area contributed by atoms with Crippen LogP contribution in [0.4, 0.5) is 5.69 Å². The van der Waals surface area contributed by atoms with Crippen molar-refractivity contribution in [3.8, 4) is 0 Å². The highest BCUT2D eigenvalue weighted by Crippen LogP contribution is 2.23. The molecule has 2 aromatic heterocycles. The van der Waals surface area contributed by atoms with Crippen molar-refractivity contribution in [1.82, 2.24) is 15.3 Å². The fraction of sp³-hybridized carbons (Fsp3) is 0.188. The predicted molar refractivity (Wildman–Crippen MR) is 84.4 cm³/mol. The van der Waals surface area contributed by atoms with Gasteiger partial charge in [-0.05, 0) is 36.2 Å². The second-order valence-corrected chi connectivity index (χ2v) is 5.40. The van der Waals surface area contributed by atoms with Crippen molar-refractivity contribution < 1.29 is 9.21 Å². The first-order chi connectivity index (χ1) is 11.2. The number of fused-ring (bicyclic) bond motifs is 2. The van der Waals surface area contributed by atoms with E-state index < -0.39 is 5.76 Å². The molecule has 0 spiro atoms. The summed E-state index contributed by atoms with van der Waals surface area (Å²) in [6, 6.07) is 5.15. The summed E-state index contributed by atoms with van der Waals surface area (Å²) in [5.41, 5.74) is 3.95. The summed E-state index contributed by atoms with van der Waals surface area (Å²) in [5, 5.41) is 6.07. The second-order valence-electron chi connectivity index (χ2n) is 5.40. The number of carbonyl (C=O) groups excluding carboxylic acids is 1. The van der Waals surface area contributed by atoms with Crippen molar-refractivity contribution in [3.63, 3.8) is 0 Å². The molecule has 4 rings (SSSR count). The molecule has 1 aliphatic heterocycles. The largest absolute Gasteiger partial charge is 0.417 e. The molecule has 0 bridgehead atoms. The number of nitrogens with one attached hydrogen (secondary N) is 3. The highest BCUT2D eigenvalue weighted by atomic mass is 16.4. The zero-order chi connectivity index (χ0) is 15.8. The maximum atomic E-state index is 12.6. The van der Waals surface area contributed by atoms with E-state index >= 15 is 0 Å². The van der Waals surface area contributed by atoms with E-state index in [4.69, 9.17) is 4.42 Å². The maximum Gasteiger partial charge on any atom is 0.417 e. The fourth-order valence-corrected chi connectivity index (χ4v) is 2.87. The number of para-hydroxylation sites is 1. The Morgan fingerprint density at radius 2 is 2.22 bits per heavy atom. The minimum absolute atomic E-state index is 0.257. The Morgan fingerprint density at radius 3 is 3.13 bits per heavy atom. The van der Waals surface area contributed by atoms with Gasteiger partial charge in [0.15, 0.2) is 5.58 Å². The van der Waals surface area contributed by atoms with Crippen LogP contribution in [0.1, 0.15) is 21.5 Å². The van der Waals surface area contributed by atoms with Crippen LogP contribution in [0.5, 0.6) is 0 Å². The molecular weight excluding hydrogens is 296 g/mol. The number of aromatic nitrogens is 2. The van der Waals surface area contributed by atoms with Crippen LogP contribution in [0.3, 0.4) is 0 Å². The quantitative estimate of drug-likeness (QED) is 0.664. The number of pyridine rings is 1. The van der Waals surface area contributed by atoms with Crippen molar-refractivity contribution in [2.45, 2.75) is 13.0 Å². The maximum absolute atomic E-state index is 12.6. The number of hydrogen-bond donors (Lipinski definition) is 3. The van der Waals surface area contributed by atoms with E-state index in [9.17, 15) is 9.59 Å². The van der Waals surface area contributed by atoms with E-state index in [1.807, 2.05) is 0 Å². The number of carbonyl (C=O) groups is 1. The normalized spacial score (nSPS) is 13.7. The van der Waals surface area contributed by atoms with Gasteiger partial charge in [-0.15, -0.1) is 0 Å². The van der Waals surface area contributed by atoms with Crippen LogP contribution in [-0.2, 0) is 13.0 Å². The fourth-order valence-electron chi connectivity index (χ4n) is 2.87. The van der Waals surface area contributed by atoms with Crippen molar-refractivity contribution >= 4 is 22.7 Å². The smallest absolute Gasteiger partial charge is 0.406 e. The highest BCUT2D eigenvalue weighted by molar-refractivity contribution is 6.08. The van der Waals surface area contributed by atoms with Gasteiger partial charge >= 0.3 is 5.76 Å². The third kappa shape index (κ3) is 2.40. The van der Waals surface area contributed by atoms with E-state index in [0.29, 0.717) is 28.9 Å². The number of aromatic amines is 1. The molecule has 1 aromatic carbocycles. The molecule has 0 aliphatic carbocycles. The third-order valence-corrected chi connectivity index (χ3v) is 3.95. The van der Waals surface area contributed by atoms with Gasteiger partial charge in [0, 0.05) is 18.9 Å². The number of benzene rings is 1. The first-order valence-electron chi connectivity index (χ1n) is 7.32.